The largest absolute Gasteiger partial charge is 0.356 e. The molecule has 0 aliphatic heterocycles. The molecule has 1 atom stereocenters. The van der Waals surface area contributed by atoms with Crippen molar-refractivity contribution in [2.45, 2.75) is 84.0 Å². The predicted octanol–water partition coefficient (Wildman–Crippen LogP) is 1.87. The van der Waals surface area contributed by atoms with Crippen molar-refractivity contribution < 1.29 is 38.4 Å². The second-order valence-electron chi connectivity index (χ2n) is 7.97. The van der Waals surface area contributed by atoms with Gasteiger partial charge in [-0.25, -0.2) is 4.79 Å². The summed E-state index contributed by atoms with van der Waals surface area (Å²) in [5.41, 5.74) is 0. The molecule has 33 heavy (non-hydrogen) atoms. The monoisotopic (exact) mass is 468 g/mol. The van der Waals surface area contributed by atoms with Crippen molar-refractivity contribution in [1.82, 2.24) is 10.4 Å². The van der Waals surface area contributed by atoms with E-state index in [-0.39, 0.29) is 56.0 Å². The Balaban J connectivity index is 4.12. The van der Waals surface area contributed by atoms with Gasteiger partial charge in [-0.3, -0.25) is 14.4 Å². The van der Waals surface area contributed by atoms with Gasteiger partial charge in [0.15, 0.2) is 0 Å². The minimum atomic E-state index is -0.843. The Morgan fingerprint density at radius 1 is 0.879 bits per heavy atom. The summed E-state index contributed by atoms with van der Waals surface area (Å²) in [4.78, 5) is 84.9. The number of carbonyl (C=O) groups is 7. The summed E-state index contributed by atoms with van der Waals surface area (Å²) in [7, 11) is 1.25. The predicted molar refractivity (Wildman–Crippen MR) is 119 cm³/mol. The molecule has 1 unspecified atom stereocenters. The summed E-state index contributed by atoms with van der Waals surface area (Å²) >= 11 is 0. The van der Waals surface area contributed by atoms with E-state index in [0.29, 0.717) is 32.1 Å². The molecule has 0 bridgehead atoms. The van der Waals surface area contributed by atoms with E-state index in [1.807, 2.05) is 0 Å². The first-order valence-corrected chi connectivity index (χ1v) is 11.3. The number of carbonyl (C=O) groups excluding carboxylic acids is 7. The first-order valence-electron chi connectivity index (χ1n) is 11.3. The maximum atomic E-state index is 12.2. The maximum absolute atomic E-state index is 12.2. The smallest absolute Gasteiger partial charge is 0.332 e. The van der Waals surface area contributed by atoms with Crippen LogP contribution in [0.4, 0.5) is 0 Å². The van der Waals surface area contributed by atoms with Gasteiger partial charge >= 0.3 is 5.97 Å². The molecular weight excluding hydrogens is 432 g/mol. The van der Waals surface area contributed by atoms with Gasteiger partial charge in [-0.1, -0.05) is 6.42 Å². The average Bonchev–Trinajstić information content (AvgIpc) is 2.75. The van der Waals surface area contributed by atoms with E-state index in [0.717, 1.165) is 30.6 Å². The van der Waals surface area contributed by atoms with Crippen molar-refractivity contribution in [3.05, 3.63) is 0 Å². The van der Waals surface area contributed by atoms with E-state index in [1.165, 1.54) is 14.0 Å². The summed E-state index contributed by atoms with van der Waals surface area (Å²) in [5, 5.41) is 3.49. The molecule has 0 spiro atoms. The molecule has 0 rings (SSSR count). The SMILES string of the molecule is CC(=O)CCCC(=O)ON(C)C(=O)CC(C=O)CC(=O)CCCC(=O)NCCCCCC=O. The fraction of sp³-hybridized carbons (Fsp3) is 0.696. The van der Waals surface area contributed by atoms with E-state index >= 15 is 0 Å². The fourth-order valence-corrected chi connectivity index (χ4v) is 2.94. The fourth-order valence-electron chi connectivity index (χ4n) is 2.94. The Bertz CT molecular complexity index is 677. The topological polar surface area (TPSA) is 144 Å². The van der Waals surface area contributed by atoms with Gasteiger partial charge in [0.1, 0.15) is 24.1 Å². The van der Waals surface area contributed by atoms with Crippen LogP contribution in [0.1, 0.15) is 84.0 Å². The zero-order chi connectivity index (χ0) is 25.1. The number of Topliss-reactive ketones (excluding diaryl/α,β-unsaturated/α-hetero) is 2. The molecule has 2 amide bonds. The Morgan fingerprint density at radius 2 is 1.58 bits per heavy atom. The molecule has 10 heteroatoms. The molecule has 0 aromatic rings. The van der Waals surface area contributed by atoms with E-state index in [1.54, 1.807) is 0 Å². The van der Waals surface area contributed by atoms with Crippen LogP contribution < -0.4 is 5.32 Å². The summed E-state index contributed by atoms with van der Waals surface area (Å²) in [6.07, 6.45) is 5.14. The highest BCUT2D eigenvalue weighted by Crippen LogP contribution is 2.12. The van der Waals surface area contributed by atoms with Crippen LogP contribution in [0.15, 0.2) is 0 Å². The van der Waals surface area contributed by atoms with Crippen molar-refractivity contribution in [3.8, 4) is 0 Å². The third-order valence-electron chi connectivity index (χ3n) is 4.80. The third-order valence-corrected chi connectivity index (χ3v) is 4.80. The zero-order valence-corrected chi connectivity index (χ0v) is 19.6. The van der Waals surface area contributed by atoms with Crippen LogP contribution in [0, 0.1) is 5.92 Å². The van der Waals surface area contributed by atoms with Crippen LogP contribution in [0.5, 0.6) is 0 Å². The van der Waals surface area contributed by atoms with Crippen LogP contribution in [0.25, 0.3) is 0 Å². The van der Waals surface area contributed by atoms with Crippen molar-refractivity contribution in [1.29, 1.82) is 0 Å². The van der Waals surface area contributed by atoms with Gasteiger partial charge in [0.2, 0.25) is 5.91 Å². The highest BCUT2D eigenvalue weighted by molar-refractivity contribution is 5.85. The number of rotatable bonds is 19. The number of hydroxylamine groups is 2. The minimum Gasteiger partial charge on any atom is -0.356 e. The van der Waals surface area contributed by atoms with Crippen LogP contribution in [0.3, 0.4) is 0 Å². The number of unbranched alkanes of at least 4 members (excludes halogenated alkanes) is 3. The summed E-state index contributed by atoms with van der Waals surface area (Å²) < 4.78 is 0. The van der Waals surface area contributed by atoms with Gasteiger partial charge in [0.05, 0.1) is 0 Å². The molecule has 10 nitrogen and oxygen atoms in total. The number of aldehydes is 2. The second kappa shape index (κ2) is 18.6. The first-order chi connectivity index (χ1) is 15.7. The van der Waals surface area contributed by atoms with Crippen molar-refractivity contribution >= 4 is 41.9 Å². The average molecular weight is 469 g/mol. The lowest BCUT2D eigenvalue weighted by molar-refractivity contribution is -0.193. The van der Waals surface area contributed by atoms with E-state index < -0.39 is 17.8 Å². The molecule has 0 aromatic heterocycles. The Labute approximate surface area is 194 Å². The van der Waals surface area contributed by atoms with E-state index in [9.17, 15) is 33.6 Å². The lowest BCUT2D eigenvalue weighted by Crippen LogP contribution is -2.32. The molecule has 0 aliphatic carbocycles. The summed E-state index contributed by atoms with van der Waals surface area (Å²) in [5.74, 6) is -2.56. The molecule has 186 valence electrons. The number of nitrogens with one attached hydrogen (secondary N) is 1. The Morgan fingerprint density at radius 3 is 2.21 bits per heavy atom. The van der Waals surface area contributed by atoms with Gasteiger partial charge in [-0.2, -0.15) is 5.06 Å². The summed E-state index contributed by atoms with van der Waals surface area (Å²) in [6.45, 7) is 1.94. The number of nitrogens with zero attached hydrogens (tertiary/aromatic N) is 1. The Kier molecular flexibility index (Phi) is 17.0. The lowest BCUT2D eigenvalue weighted by atomic mass is 9.97. The van der Waals surface area contributed by atoms with Crippen molar-refractivity contribution in [3.63, 3.8) is 0 Å². The normalized spacial score (nSPS) is 11.2. The van der Waals surface area contributed by atoms with Gasteiger partial charge in [-0.05, 0) is 32.6 Å². The maximum Gasteiger partial charge on any atom is 0.332 e. The molecule has 0 aromatic carbocycles. The molecule has 0 heterocycles. The van der Waals surface area contributed by atoms with E-state index in [2.05, 4.69) is 5.32 Å². The van der Waals surface area contributed by atoms with Crippen LogP contribution in [-0.4, -0.2) is 60.6 Å². The van der Waals surface area contributed by atoms with Crippen molar-refractivity contribution in [2.24, 2.45) is 5.92 Å². The number of hydrogen-bond donors (Lipinski definition) is 1. The number of hydrogen-bond acceptors (Lipinski definition) is 8. The standard InChI is InChI=1S/C23H36N2O8/c1-18(28)9-7-12-23(32)33-25(2)22(31)16-19(17-27)15-20(29)10-8-11-21(30)24-13-5-3-4-6-14-26/h14,17,19H,3-13,15-16H2,1-2H3,(H,24,30). The number of amides is 2. The van der Waals surface area contributed by atoms with Crippen LogP contribution >= 0.6 is 0 Å². The summed E-state index contributed by atoms with van der Waals surface area (Å²) in [6, 6.07) is 0. The van der Waals surface area contributed by atoms with E-state index in [4.69, 9.17) is 4.84 Å². The van der Waals surface area contributed by atoms with Gasteiger partial charge in [-0.15, -0.1) is 0 Å². The quantitative estimate of drug-likeness (QED) is 0.172. The molecule has 0 aliphatic rings. The van der Waals surface area contributed by atoms with Crippen LogP contribution in [0.2, 0.25) is 0 Å². The lowest BCUT2D eigenvalue weighted by Gasteiger charge is -2.18. The highest BCUT2D eigenvalue weighted by Gasteiger charge is 2.21. The highest BCUT2D eigenvalue weighted by atomic mass is 16.7. The molecular formula is C23H36N2O8. The van der Waals surface area contributed by atoms with Crippen molar-refractivity contribution in [2.75, 3.05) is 13.6 Å². The second-order valence-corrected chi connectivity index (χ2v) is 7.97. The molecule has 0 radical (unpaired) electrons. The first kappa shape index (κ1) is 30.1. The van der Waals surface area contributed by atoms with Crippen LogP contribution in [-0.2, 0) is 38.4 Å². The number of ketones is 2. The van der Waals surface area contributed by atoms with Gasteiger partial charge in [0.25, 0.3) is 5.91 Å². The zero-order valence-electron chi connectivity index (χ0n) is 19.6. The molecule has 1 N–H and O–H groups in total. The van der Waals surface area contributed by atoms with Gasteiger partial charge < -0.3 is 24.5 Å². The molecule has 0 saturated carbocycles. The molecule has 0 saturated heterocycles. The Hall–Kier alpha value is -2.91. The van der Waals surface area contributed by atoms with Gasteiger partial charge in [0, 0.05) is 64.5 Å². The molecule has 0 fully saturated rings. The third kappa shape index (κ3) is 17.3. The minimum absolute atomic E-state index is 0.0134.